The van der Waals surface area contributed by atoms with E-state index >= 15 is 0 Å². The summed E-state index contributed by atoms with van der Waals surface area (Å²) in [5.41, 5.74) is 2.17. The third-order valence-corrected chi connectivity index (χ3v) is 4.79. The molecule has 0 amide bonds. The van der Waals surface area contributed by atoms with Crippen LogP contribution >= 0.6 is 57.4 Å². The summed E-state index contributed by atoms with van der Waals surface area (Å²) in [4.78, 5) is 0. The van der Waals surface area contributed by atoms with Crippen molar-refractivity contribution in [3.63, 3.8) is 0 Å². The van der Waals surface area contributed by atoms with Crippen LogP contribution in [-0.2, 0) is 0 Å². The number of hydrogen-bond acceptors (Lipinski definition) is 1. The van der Waals surface area contributed by atoms with Crippen LogP contribution in [0.4, 0.5) is 0 Å². The van der Waals surface area contributed by atoms with Crippen molar-refractivity contribution in [2.24, 2.45) is 0 Å². The van der Waals surface area contributed by atoms with Crippen molar-refractivity contribution < 1.29 is 0 Å². The molecule has 1 nitrogen and oxygen atoms in total. The third-order valence-electron chi connectivity index (χ3n) is 2.83. The molecule has 0 heterocycles. The minimum Gasteiger partial charge on any atom is -0.309 e. The quantitative estimate of drug-likeness (QED) is 0.634. The zero-order valence-corrected chi connectivity index (χ0v) is 14.5. The van der Waals surface area contributed by atoms with Gasteiger partial charge < -0.3 is 5.32 Å². The maximum atomic E-state index is 6.09. The van der Waals surface area contributed by atoms with Gasteiger partial charge in [0.1, 0.15) is 0 Å². The van der Waals surface area contributed by atoms with E-state index in [9.17, 15) is 0 Å². The van der Waals surface area contributed by atoms with Gasteiger partial charge >= 0.3 is 0 Å². The van der Waals surface area contributed by atoms with Gasteiger partial charge in [-0.3, -0.25) is 0 Å². The standard InChI is InChI=1S/C14H11Cl3IN/c1-19-14(8-2-4-11(16)12(17)6-8)10-7-9(15)3-5-13(10)18/h2-7,14,19H,1H3. The lowest BCUT2D eigenvalue weighted by Crippen LogP contribution is -2.18. The average Bonchev–Trinajstić information content (AvgIpc) is 2.38. The molecule has 0 spiro atoms. The van der Waals surface area contributed by atoms with Gasteiger partial charge in [0.25, 0.3) is 0 Å². The molecule has 100 valence electrons. The van der Waals surface area contributed by atoms with Gasteiger partial charge in [0, 0.05) is 8.59 Å². The highest BCUT2D eigenvalue weighted by Crippen LogP contribution is 2.31. The van der Waals surface area contributed by atoms with Crippen LogP contribution < -0.4 is 5.32 Å². The van der Waals surface area contributed by atoms with Gasteiger partial charge in [-0.05, 0) is 71.1 Å². The summed E-state index contributed by atoms with van der Waals surface area (Å²) in [6, 6.07) is 11.5. The van der Waals surface area contributed by atoms with Crippen molar-refractivity contribution in [1.29, 1.82) is 0 Å². The normalized spacial score (nSPS) is 12.5. The third kappa shape index (κ3) is 3.56. The molecule has 1 atom stereocenters. The fourth-order valence-electron chi connectivity index (χ4n) is 1.93. The van der Waals surface area contributed by atoms with E-state index in [4.69, 9.17) is 34.8 Å². The molecule has 0 aliphatic rings. The van der Waals surface area contributed by atoms with Crippen LogP contribution in [0.15, 0.2) is 36.4 Å². The van der Waals surface area contributed by atoms with Crippen LogP contribution in [0.3, 0.4) is 0 Å². The largest absolute Gasteiger partial charge is 0.309 e. The second-order valence-corrected chi connectivity index (χ2v) is 6.47. The molecule has 0 saturated heterocycles. The van der Waals surface area contributed by atoms with E-state index in [0.29, 0.717) is 10.0 Å². The van der Waals surface area contributed by atoms with Crippen molar-refractivity contribution in [2.75, 3.05) is 7.05 Å². The Balaban J connectivity index is 2.49. The molecule has 1 unspecified atom stereocenters. The molecular weight excluding hydrogens is 415 g/mol. The van der Waals surface area contributed by atoms with Crippen molar-refractivity contribution >= 4 is 57.4 Å². The van der Waals surface area contributed by atoms with Crippen molar-refractivity contribution in [3.05, 3.63) is 66.2 Å². The summed E-state index contributed by atoms with van der Waals surface area (Å²) < 4.78 is 1.15. The van der Waals surface area contributed by atoms with Crippen LogP contribution in [0, 0.1) is 3.57 Å². The summed E-state index contributed by atoms with van der Waals surface area (Å²) >= 11 is 20.4. The molecule has 5 heteroatoms. The Morgan fingerprint density at radius 2 is 1.74 bits per heavy atom. The predicted octanol–water partition coefficient (Wildman–Crippen LogP) is 5.56. The van der Waals surface area contributed by atoms with Crippen LogP contribution in [0.1, 0.15) is 17.2 Å². The Kier molecular flexibility index (Phi) is 5.37. The zero-order valence-electron chi connectivity index (χ0n) is 10.1. The van der Waals surface area contributed by atoms with E-state index < -0.39 is 0 Å². The van der Waals surface area contributed by atoms with Crippen molar-refractivity contribution in [1.82, 2.24) is 5.32 Å². The second kappa shape index (κ2) is 6.64. The van der Waals surface area contributed by atoms with Gasteiger partial charge in [-0.25, -0.2) is 0 Å². The Bertz CT molecular complexity index is 601. The lowest BCUT2D eigenvalue weighted by molar-refractivity contribution is 0.689. The Hall–Kier alpha value is -0.000000000000000111. The van der Waals surface area contributed by atoms with Crippen LogP contribution in [0.25, 0.3) is 0 Å². The summed E-state index contributed by atoms with van der Waals surface area (Å²) in [5.74, 6) is 0. The maximum Gasteiger partial charge on any atom is 0.0595 e. The number of benzene rings is 2. The van der Waals surface area contributed by atoms with Gasteiger partial charge in [0.05, 0.1) is 16.1 Å². The summed E-state index contributed by atoms with van der Waals surface area (Å²) in [5, 5.41) is 5.11. The van der Waals surface area contributed by atoms with E-state index in [1.165, 1.54) is 0 Å². The van der Waals surface area contributed by atoms with Crippen LogP contribution in [0.2, 0.25) is 15.1 Å². The Morgan fingerprint density at radius 1 is 1.00 bits per heavy atom. The van der Waals surface area contributed by atoms with Crippen LogP contribution in [0.5, 0.6) is 0 Å². The summed E-state index contributed by atoms with van der Waals surface area (Å²) in [6.07, 6.45) is 0. The fraction of sp³-hybridized carbons (Fsp3) is 0.143. The van der Waals surface area contributed by atoms with Crippen molar-refractivity contribution in [2.45, 2.75) is 6.04 Å². The molecule has 0 bridgehead atoms. The highest BCUT2D eigenvalue weighted by Gasteiger charge is 2.16. The maximum absolute atomic E-state index is 6.09. The molecule has 0 aromatic heterocycles. The molecule has 0 aliphatic carbocycles. The van der Waals surface area contributed by atoms with E-state index in [1.807, 2.05) is 37.4 Å². The molecule has 0 radical (unpaired) electrons. The first-order chi connectivity index (χ1) is 9.02. The molecule has 2 aromatic rings. The fourth-order valence-corrected chi connectivity index (χ4v) is 3.06. The summed E-state index contributed by atoms with van der Waals surface area (Å²) in [6.45, 7) is 0. The highest BCUT2D eigenvalue weighted by molar-refractivity contribution is 14.1. The second-order valence-electron chi connectivity index (χ2n) is 4.06. The topological polar surface area (TPSA) is 12.0 Å². The minimum atomic E-state index is 0.0281. The predicted molar refractivity (Wildman–Crippen MR) is 91.5 cm³/mol. The highest BCUT2D eigenvalue weighted by atomic mass is 127. The Labute approximate surface area is 141 Å². The molecule has 2 rings (SSSR count). The number of rotatable bonds is 3. The average molecular weight is 427 g/mol. The lowest BCUT2D eigenvalue weighted by Gasteiger charge is -2.19. The van der Waals surface area contributed by atoms with E-state index in [0.717, 1.165) is 19.7 Å². The van der Waals surface area contributed by atoms with Gasteiger partial charge in [-0.2, -0.15) is 0 Å². The lowest BCUT2D eigenvalue weighted by atomic mass is 9.99. The molecule has 1 N–H and O–H groups in total. The molecule has 0 saturated carbocycles. The molecule has 19 heavy (non-hydrogen) atoms. The van der Waals surface area contributed by atoms with Gasteiger partial charge in [-0.1, -0.05) is 40.9 Å². The van der Waals surface area contributed by atoms with Crippen LogP contribution in [-0.4, -0.2) is 7.05 Å². The molecule has 0 aliphatic heterocycles. The number of halogens is 4. The first-order valence-corrected chi connectivity index (χ1v) is 7.81. The first kappa shape index (κ1) is 15.4. The smallest absolute Gasteiger partial charge is 0.0595 e. The Morgan fingerprint density at radius 3 is 2.37 bits per heavy atom. The molecule has 2 aromatic carbocycles. The van der Waals surface area contributed by atoms with Gasteiger partial charge in [0.15, 0.2) is 0 Å². The zero-order chi connectivity index (χ0) is 14.0. The van der Waals surface area contributed by atoms with Gasteiger partial charge in [-0.15, -0.1) is 0 Å². The van der Waals surface area contributed by atoms with E-state index in [-0.39, 0.29) is 6.04 Å². The summed E-state index contributed by atoms with van der Waals surface area (Å²) in [7, 11) is 1.91. The monoisotopic (exact) mass is 425 g/mol. The first-order valence-electron chi connectivity index (χ1n) is 5.60. The van der Waals surface area contributed by atoms with Crippen molar-refractivity contribution in [3.8, 4) is 0 Å². The minimum absolute atomic E-state index is 0.0281. The van der Waals surface area contributed by atoms with E-state index in [2.05, 4.69) is 27.9 Å². The number of hydrogen-bond donors (Lipinski definition) is 1. The van der Waals surface area contributed by atoms with Gasteiger partial charge in [0.2, 0.25) is 0 Å². The van der Waals surface area contributed by atoms with E-state index in [1.54, 1.807) is 6.07 Å². The molecule has 0 fully saturated rings. The SMILES string of the molecule is CNC(c1ccc(Cl)c(Cl)c1)c1cc(Cl)ccc1I. The molecular formula is C14H11Cl3IN. The number of nitrogens with one attached hydrogen (secondary N) is 1.